The quantitative estimate of drug-likeness (QED) is 0.165. The molecule has 0 amide bonds. The number of nitrogens with zero attached hydrogens (tertiary/aromatic N) is 1. The number of anilines is 3. The maximum atomic E-state index is 2.45. The molecule has 0 radical (unpaired) electrons. The second-order valence-corrected chi connectivity index (χ2v) is 13.6. The Hall–Kier alpha value is -6.22. The highest BCUT2D eigenvalue weighted by Crippen LogP contribution is 2.49. The Morgan fingerprint density at radius 3 is 1.58 bits per heavy atom. The Balaban J connectivity index is 1.32. The van der Waals surface area contributed by atoms with E-state index >= 15 is 0 Å². The lowest BCUT2D eigenvalue weighted by atomic mass is 9.91. The molecule has 0 aliphatic carbocycles. The van der Waals surface area contributed by atoms with Crippen LogP contribution in [0.5, 0.6) is 0 Å². The number of para-hydroxylation sites is 1. The lowest BCUT2D eigenvalue weighted by Crippen LogP contribution is -2.13. The molecule has 8 aromatic carbocycles. The van der Waals surface area contributed by atoms with Crippen LogP contribution in [0.2, 0.25) is 0 Å². The molecule has 0 saturated heterocycles. The number of rotatable bonds is 7. The monoisotopic (exact) mass is 655 g/mol. The maximum Gasteiger partial charge on any atom is 0.0546 e. The van der Waals surface area contributed by atoms with Crippen LogP contribution in [0.25, 0.3) is 64.7 Å². The van der Waals surface area contributed by atoms with E-state index in [1.807, 2.05) is 11.3 Å². The summed E-state index contributed by atoms with van der Waals surface area (Å²) in [7, 11) is 0. The number of thiophene rings is 1. The third kappa shape index (κ3) is 5.46. The first-order chi connectivity index (χ1) is 24.8. The van der Waals surface area contributed by atoms with E-state index in [0.717, 1.165) is 17.1 Å². The smallest absolute Gasteiger partial charge is 0.0546 e. The van der Waals surface area contributed by atoms with Gasteiger partial charge in [0.15, 0.2) is 0 Å². The van der Waals surface area contributed by atoms with Crippen molar-refractivity contribution in [2.24, 2.45) is 0 Å². The molecule has 0 saturated carbocycles. The zero-order valence-corrected chi connectivity index (χ0v) is 28.2. The predicted molar refractivity (Wildman–Crippen MR) is 216 cm³/mol. The van der Waals surface area contributed by atoms with Gasteiger partial charge in [0.1, 0.15) is 0 Å². The summed E-state index contributed by atoms with van der Waals surface area (Å²) in [6.07, 6.45) is 0. The molecule has 0 bridgehead atoms. The highest BCUT2D eigenvalue weighted by Gasteiger charge is 2.23. The van der Waals surface area contributed by atoms with E-state index in [1.165, 1.54) is 64.7 Å². The first-order valence-electron chi connectivity index (χ1n) is 17.0. The summed E-state index contributed by atoms with van der Waals surface area (Å²) in [4.78, 5) is 2.45. The fourth-order valence-corrected chi connectivity index (χ4v) is 8.29. The van der Waals surface area contributed by atoms with Crippen molar-refractivity contribution in [1.82, 2.24) is 0 Å². The van der Waals surface area contributed by atoms with E-state index < -0.39 is 0 Å². The van der Waals surface area contributed by atoms with Crippen molar-refractivity contribution in [2.75, 3.05) is 4.90 Å². The standard InChI is InChI=1S/C48H33NS/c1-4-15-34(16-5-1)35-27-30-39(31-28-35)49(44-24-12-10-21-40(44)36-17-6-2-7-18-36)45-25-14-23-41(37-19-8-3-9-20-37)48(45)38-29-32-43-42-22-11-13-26-46(42)50-47(43)33-38/h1-33H. The Morgan fingerprint density at radius 2 is 0.840 bits per heavy atom. The lowest BCUT2D eigenvalue weighted by Gasteiger charge is -2.31. The molecule has 0 aliphatic rings. The Labute approximate surface area is 297 Å². The average Bonchev–Trinajstić information content (AvgIpc) is 3.57. The van der Waals surface area contributed by atoms with E-state index in [-0.39, 0.29) is 0 Å². The third-order valence-corrected chi connectivity index (χ3v) is 10.6. The molecule has 1 heterocycles. The van der Waals surface area contributed by atoms with Crippen LogP contribution >= 0.6 is 11.3 Å². The maximum absolute atomic E-state index is 2.45. The summed E-state index contributed by atoms with van der Waals surface area (Å²) in [6, 6.07) is 72.4. The molecule has 1 nitrogen and oxygen atoms in total. The first-order valence-corrected chi connectivity index (χ1v) is 17.8. The fourth-order valence-electron chi connectivity index (χ4n) is 7.14. The van der Waals surface area contributed by atoms with Crippen molar-refractivity contribution in [3.63, 3.8) is 0 Å². The van der Waals surface area contributed by atoms with E-state index in [2.05, 4.69) is 205 Å². The highest BCUT2D eigenvalue weighted by atomic mass is 32.1. The molecule has 0 spiro atoms. The Bertz CT molecular complexity index is 2570. The van der Waals surface area contributed by atoms with Gasteiger partial charge in [0, 0.05) is 37.0 Å². The normalized spacial score (nSPS) is 11.2. The van der Waals surface area contributed by atoms with Crippen LogP contribution in [0, 0.1) is 0 Å². The van der Waals surface area contributed by atoms with Crippen LogP contribution in [-0.4, -0.2) is 0 Å². The van der Waals surface area contributed by atoms with Crippen molar-refractivity contribution in [3.05, 3.63) is 200 Å². The summed E-state index contributed by atoms with van der Waals surface area (Å²) in [5.74, 6) is 0. The van der Waals surface area contributed by atoms with Gasteiger partial charge in [-0.15, -0.1) is 11.3 Å². The Morgan fingerprint density at radius 1 is 0.320 bits per heavy atom. The van der Waals surface area contributed by atoms with Gasteiger partial charge in [-0.3, -0.25) is 0 Å². The van der Waals surface area contributed by atoms with E-state index in [1.54, 1.807) is 0 Å². The summed E-state index contributed by atoms with van der Waals surface area (Å²) < 4.78 is 2.61. The van der Waals surface area contributed by atoms with Gasteiger partial charge < -0.3 is 4.90 Å². The topological polar surface area (TPSA) is 3.24 Å². The van der Waals surface area contributed by atoms with Gasteiger partial charge in [0.05, 0.1) is 11.4 Å². The molecule has 0 atom stereocenters. The largest absolute Gasteiger partial charge is 0.309 e. The molecule has 9 rings (SSSR count). The predicted octanol–water partition coefficient (Wildman–Crippen LogP) is 14.2. The van der Waals surface area contributed by atoms with Gasteiger partial charge in [-0.05, 0) is 69.8 Å². The number of benzene rings is 8. The average molecular weight is 656 g/mol. The van der Waals surface area contributed by atoms with Crippen LogP contribution < -0.4 is 4.90 Å². The minimum Gasteiger partial charge on any atom is -0.309 e. The number of hydrogen-bond donors (Lipinski definition) is 0. The van der Waals surface area contributed by atoms with E-state index in [0.29, 0.717) is 0 Å². The molecule has 0 unspecified atom stereocenters. The zero-order valence-electron chi connectivity index (χ0n) is 27.4. The Kier molecular flexibility index (Phi) is 7.77. The molecule has 236 valence electrons. The SMILES string of the molecule is c1ccc(-c2ccc(N(c3ccccc3-c3ccccc3)c3cccc(-c4ccccc4)c3-c3ccc4c(c3)sc3ccccc34)cc2)cc1. The minimum absolute atomic E-state index is 1.10. The van der Waals surface area contributed by atoms with Gasteiger partial charge in [-0.1, -0.05) is 164 Å². The van der Waals surface area contributed by atoms with Crippen LogP contribution in [-0.2, 0) is 0 Å². The molecule has 0 fully saturated rings. The molecule has 0 N–H and O–H groups in total. The van der Waals surface area contributed by atoms with Crippen molar-refractivity contribution in [1.29, 1.82) is 0 Å². The summed E-state index contributed by atoms with van der Waals surface area (Å²) in [5.41, 5.74) is 12.9. The van der Waals surface area contributed by atoms with E-state index in [9.17, 15) is 0 Å². The van der Waals surface area contributed by atoms with Crippen LogP contribution in [0.1, 0.15) is 0 Å². The molecule has 0 aliphatic heterocycles. The second kappa shape index (κ2) is 13.0. The van der Waals surface area contributed by atoms with E-state index in [4.69, 9.17) is 0 Å². The summed E-state index contributed by atoms with van der Waals surface area (Å²) >= 11 is 1.86. The minimum atomic E-state index is 1.10. The molecule has 9 aromatic rings. The van der Waals surface area contributed by atoms with Crippen LogP contribution in [0.4, 0.5) is 17.1 Å². The second-order valence-electron chi connectivity index (χ2n) is 12.5. The van der Waals surface area contributed by atoms with Gasteiger partial charge in [-0.25, -0.2) is 0 Å². The first kappa shape index (κ1) is 29.9. The third-order valence-electron chi connectivity index (χ3n) is 9.50. The van der Waals surface area contributed by atoms with Crippen LogP contribution in [0.15, 0.2) is 200 Å². The molecule has 2 heteroatoms. The van der Waals surface area contributed by atoms with Gasteiger partial charge in [0.25, 0.3) is 0 Å². The van der Waals surface area contributed by atoms with Crippen molar-refractivity contribution >= 4 is 48.6 Å². The zero-order chi connectivity index (χ0) is 33.3. The molecular weight excluding hydrogens is 623 g/mol. The summed E-state index contributed by atoms with van der Waals surface area (Å²) in [6.45, 7) is 0. The number of hydrogen-bond acceptors (Lipinski definition) is 2. The summed E-state index contributed by atoms with van der Waals surface area (Å²) in [5, 5.41) is 2.61. The number of fused-ring (bicyclic) bond motifs is 3. The fraction of sp³-hybridized carbons (Fsp3) is 0. The van der Waals surface area contributed by atoms with Crippen molar-refractivity contribution < 1.29 is 0 Å². The molecule has 50 heavy (non-hydrogen) atoms. The highest BCUT2D eigenvalue weighted by molar-refractivity contribution is 7.25. The van der Waals surface area contributed by atoms with Crippen LogP contribution in [0.3, 0.4) is 0 Å². The van der Waals surface area contributed by atoms with Crippen molar-refractivity contribution in [2.45, 2.75) is 0 Å². The van der Waals surface area contributed by atoms with Gasteiger partial charge in [0.2, 0.25) is 0 Å². The van der Waals surface area contributed by atoms with Gasteiger partial charge >= 0.3 is 0 Å². The lowest BCUT2D eigenvalue weighted by molar-refractivity contribution is 1.28. The van der Waals surface area contributed by atoms with Crippen molar-refractivity contribution in [3.8, 4) is 44.5 Å². The molecular formula is C48H33NS. The van der Waals surface area contributed by atoms with Gasteiger partial charge in [-0.2, -0.15) is 0 Å². The molecule has 1 aromatic heterocycles.